The fourth-order valence-corrected chi connectivity index (χ4v) is 2.12. The highest BCUT2D eigenvalue weighted by molar-refractivity contribution is 5.99. The molecule has 7 nitrogen and oxygen atoms in total. The second kappa shape index (κ2) is 5.03. The Morgan fingerprint density at radius 1 is 1.45 bits per heavy atom. The molecule has 0 spiro atoms. The van der Waals surface area contributed by atoms with Crippen molar-refractivity contribution in [3.63, 3.8) is 0 Å². The minimum atomic E-state index is -0.963. The summed E-state index contributed by atoms with van der Waals surface area (Å²) in [4.78, 5) is 16.2. The molecule has 7 heteroatoms. The predicted molar refractivity (Wildman–Crippen MR) is 72.3 cm³/mol. The van der Waals surface area contributed by atoms with Crippen LogP contribution in [0, 0.1) is 0 Å². The van der Waals surface area contributed by atoms with Gasteiger partial charge in [-0.15, -0.1) is 0 Å². The van der Waals surface area contributed by atoms with E-state index in [-0.39, 0.29) is 12.5 Å². The molecule has 1 unspecified atom stereocenters. The number of amides is 1. The highest BCUT2D eigenvalue weighted by Crippen LogP contribution is 2.22. The molecule has 1 amide bonds. The van der Waals surface area contributed by atoms with Crippen LogP contribution in [0.15, 0.2) is 36.9 Å². The van der Waals surface area contributed by atoms with Gasteiger partial charge < -0.3 is 15.8 Å². The highest BCUT2D eigenvalue weighted by Gasteiger charge is 2.38. The SMILES string of the molecule is NC1(C(=O)Nc2ccccc2-n2cncn2)CCOC1. The van der Waals surface area contributed by atoms with Gasteiger partial charge in [0.1, 0.15) is 18.2 Å². The van der Waals surface area contributed by atoms with Gasteiger partial charge in [-0.05, 0) is 18.6 Å². The normalized spacial score (nSPS) is 21.9. The molecule has 0 aliphatic carbocycles. The van der Waals surface area contributed by atoms with Gasteiger partial charge in [0.15, 0.2) is 0 Å². The molecule has 1 saturated heterocycles. The summed E-state index contributed by atoms with van der Waals surface area (Å²) in [6, 6.07) is 7.35. The largest absolute Gasteiger partial charge is 0.379 e. The Bertz CT molecular complexity index is 605. The molecule has 3 rings (SSSR count). The Labute approximate surface area is 115 Å². The third kappa shape index (κ3) is 2.28. The van der Waals surface area contributed by atoms with Gasteiger partial charge in [-0.1, -0.05) is 12.1 Å². The Morgan fingerprint density at radius 3 is 3.00 bits per heavy atom. The molecule has 0 saturated carbocycles. The molecule has 1 fully saturated rings. The number of benzene rings is 1. The van der Waals surface area contributed by atoms with Crippen molar-refractivity contribution < 1.29 is 9.53 Å². The summed E-state index contributed by atoms with van der Waals surface area (Å²) < 4.78 is 6.80. The van der Waals surface area contributed by atoms with Crippen LogP contribution in [0.2, 0.25) is 0 Å². The van der Waals surface area contributed by atoms with E-state index in [9.17, 15) is 4.79 Å². The van der Waals surface area contributed by atoms with Gasteiger partial charge in [0.25, 0.3) is 0 Å². The lowest BCUT2D eigenvalue weighted by molar-refractivity contribution is -0.121. The van der Waals surface area contributed by atoms with Crippen LogP contribution in [0.1, 0.15) is 6.42 Å². The van der Waals surface area contributed by atoms with Gasteiger partial charge >= 0.3 is 0 Å². The molecule has 0 radical (unpaired) electrons. The summed E-state index contributed by atoms with van der Waals surface area (Å²) in [5, 5.41) is 6.92. The topological polar surface area (TPSA) is 95.1 Å². The van der Waals surface area contributed by atoms with Crippen LogP contribution in [0.5, 0.6) is 0 Å². The van der Waals surface area contributed by atoms with E-state index in [4.69, 9.17) is 10.5 Å². The first-order valence-corrected chi connectivity index (χ1v) is 6.31. The Kier molecular flexibility index (Phi) is 3.21. The van der Waals surface area contributed by atoms with Crippen LogP contribution in [-0.4, -0.2) is 39.4 Å². The lowest BCUT2D eigenvalue weighted by atomic mass is 9.99. The molecule has 20 heavy (non-hydrogen) atoms. The van der Waals surface area contributed by atoms with E-state index in [2.05, 4.69) is 15.4 Å². The molecular weight excluding hydrogens is 258 g/mol. The first-order valence-electron chi connectivity index (χ1n) is 6.31. The van der Waals surface area contributed by atoms with Crippen molar-refractivity contribution in [2.24, 2.45) is 5.73 Å². The van der Waals surface area contributed by atoms with E-state index < -0.39 is 5.54 Å². The van der Waals surface area contributed by atoms with Crippen LogP contribution in [0.3, 0.4) is 0 Å². The number of carbonyl (C=O) groups excluding carboxylic acids is 1. The molecule has 104 valence electrons. The number of hydrogen-bond donors (Lipinski definition) is 2. The number of nitrogens with two attached hydrogens (primary N) is 1. The van der Waals surface area contributed by atoms with Gasteiger partial charge in [0.2, 0.25) is 5.91 Å². The number of hydrogen-bond acceptors (Lipinski definition) is 5. The Hall–Kier alpha value is -2.25. The van der Waals surface area contributed by atoms with Crippen molar-refractivity contribution in [1.82, 2.24) is 14.8 Å². The predicted octanol–water partition coefficient (Wildman–Crippen LogP) is 0.324. The molecule has 1 aromatic carbocycles. The third-order valence-corrected chi connectivity index (χ3v) is 3.32. The lowest BCUT2D eigenvalue weighted by Crippen LogP contribution is -2.51. The van der Waals surface area contributed by atoms with Crippen LogP contribution in [-0.2, 0) is 9.53 Å². The minimum absolute atomic E-state index is 0.240. The zero-order valence-corrected chi connectivity index (χ0v) is 10.8. The van der Waals surface area contributed by atoms with Crippen molar-refractivity contribution in [2.75, 3.05) is 18.5 Å². The fourth-order valence-electron chi connectivity index (χ4n) is 2.12. The van der Waals surface area contributed by atoms with Gasteiger partial charge in [-0.25, -0.2) is 9.67 Å². The van der Waals surface area contributed by atoms with Crippen LogP contribution in [0.4, 0.5) is 5.69 Å². The number of nitrogens with zero attached hydrogens (tertiary/aromatic N) is 3. The number of carbonyl (C=O) groups is 1. The summed E-state index contributed by atoms with van der Waals surface area (Å²) in [6.45, 7) is 0.749. The zero-order chi connectivity index (χ0) is 14.0. The number of nitrogens with one attached hydrogen (secondary N) is 1. The Balaban J connectivity index is 1.86. The molecule has 1 aliphatic heterocycles. The number of rotatable bonds is 3. The van der Waals surface area contributed by atoms with E-state index in [1.165, 1.54) is 6.33 Å². The fraction of sp³-hybridized carbons (Fsp3) is 0.308. The first-order chi connectivity index (χ1) is 9.69. The van der Waals surface area contributed by atoms with Crippen LogP contribution < -0.4 is 11.1 Å². The van der Waals surface area contributed by atoms with Crippen molar-refractivity contribution in [2.45, 2.75) is 12.0 Å². The first kappa shape index (κ1) is 12.8. The summed E-state index contributed by atoms with van der Waals surface area (Å²) >= 11 is 0. The number of ether oxygens (including phenoxy) is 1. The molecule has 1 aromatic heterocycles. The summed E-state index contributed by atoms with van der Waals surface area (Å²) in [5.41, 5.74) is 6.46. The lowest BCUT2D eigenvalue weighted by Gasteiger charge is -2.21. The zero-order valence-electron chi connectivity index (χ0n) is 10.8. The average Bonchev–Trinajstić information content (AvgIpc) is 3.11. The average molecular weight is 273 g/mol. The van der Waals surface area contributed by atoms with Crippen LogP contribution >= 0.6 is 0 Å². The van der Waals surface area contributed by atoms with E-state index in [0.29, 0.717) is 18.7 Å². The van der Waals surface area contributed by atoms with Gasteiger partial charge in [0, 0.05) is 6.61 Å². The van der Waals surface area contributed by atoms with Crippen molar-refractivity contribution in [1.29, 1.82) is 0 Å². The minimum Gasteiger partial charge on any atom is -0.379 e. The Morgan fingerprint density at radius 2 is 2.30 bits per heavy atom. The molecule has 3 N–H and O–H groups in total. The van der Waals surface area contributed by atoms with E-state index in [1.807, 2.05) is 18.2 Å². The summed E-state index contributed by atoms with van der Waals surface area (Å²) in [5.74, 6) is -0.248. The standard InChI is InChI=1S/C13H15N5O2/c14-13(5-6-20-7-13)12(19)17-10-3-1-2-4-11(10)18-9-15-8-16-18/h1-4,8-9H,5-7,14H2,(H,17,19). The van der Waals surface area contributed by atoms with Crippen LogP contribution in [0.25, 0.3) is 5.69 Å². The number of para-hydroxylation sites is 2. The second-order valence-electron chi connectivity index (χ2n) is 4.77. The molecule has 2 heterocycles. The van der Waals surface area contributed by atoms with E-state index >= 15 is 0 Å². The quantitative estimate of drug-likeness (QED) is 0.840. The van der Waals surface area contributed by atoms with Crippen molar-refractivity contribution in [3.05, 3.63) is 36.9 Å². The van der Waals surface area contributed by atoms with Gasteiger partial charge in [-0.3, -0.25) is 4.79 Å². The maximum absolute atomic E-state index is 12.3. The molecule has 2 aromatic rings. The highest BCUT2D eigenvalue weighted by atomic mass is 16.5. The number of aromatic nitrogens is 3. The summed E-state index contributed by atoms with van der Waals surface area (Å²) in [6.07, 6.45) is 3.53. The second-order valence-corrected chi connectivity index (χ2v) is 4.77. The van der Waals surface area contributed by atoms with Crippen molar-refractivity contribution in [3.8, 4) is 5.69 Å². The molecule has 1 aliphatic rings. The maximum atomic E-state index is 12.3. The smallest absolute Gasteiger partial charge is 0.247 e. The third-order valence-electron chi connectivity index (χ3n) is 3.32. The van der Waals surface area contributed by atoms with Crippen molar-refractivity contribution >= 4 is 11.6 Å². The molecule has 1 atom stereocenters. The van der Waals surface area contributed by atoms with E-state index in [1.54, 1.807) is 17.1 Å². The summed E-state index contributed by atoms with van der Waals surface area (Å²) in [7, 11) is 0. The molecule has 0 bridgehead atoms. The monoisotopic (exact) mass is 273 g/mol. The number of anilines is 1. The maximum Gasteiger partial charge on any atom is 0.247 e. The van der Waals surface area contributed by atoms with Gasteiger partial charge in [0.05, 0.1) is 18.0 Å². The van der Waals surface area contributed by atoms with E-state index in [0.717, 1.165) is 5.69 Å². The van der Waals surface area contributed by atoms with Gasteiger partial charge in [-0.2, -0.15) is 5.10 Å². The molecular formula is C13H15N5O2.